The van der Waals surface area contributed by atoms with E-state index in [1.807, 2.05) is 6.92 Å². The van der Waals surface area contributed by atoms with Crippen LogP contribution in [0.25, 0.3) is 0 Å². The van der Waals surface area contributed by atoms with Crippen molar-refractivity contribution in [2.24, 2.45) is 5.73 Å². The third-order valence-electron chi connectivity index (χ3n) is 1.55. The Morgan fingerprint density at radius 2 is 2.20 bits per heavy atom. The zero-order valence-corrected chi connectivity index (χ0v) is 6.81. The molecule has 0 bridgehead atoms. The van der Waals surface area contributed by atoms with Gasteiger partial charge in [-0.25, -0.2) is 0 Å². The van der Waals surface area contributed by atoms with E-state index in [2.05, 4.69) is 0 Å². The predicted molar refractivity (Wildman–Crippen MR) is 39.8 cm³/mol. The van der Waals surface area contributed by atoms with Crippen molar-refractivity contribution in [3.8, 4) is 0 Å². The Labute approximate surface area is 61.5 Å². The van der Waals surface area contributed by atoms with Crippen LogP contribution in [-0.2, 0) is 9.53 Å². The predicted octanol–water partition coefficient (Wildman–Crippen LogP) is 0.329. The second kappa shape index (κ2) is 3.68. The number of hydrogen-bond acceptors (Lipinski definition) is 3. The van der Waals surface area contributed by atoms with Crippen LogP contribution in [0.3, 0.4) is 0 Å². The summed E-state index contributed by atoms with van der Waals surface area (Å²) >= 11 is 0. The highest BCUT2D eigenvalue weighted by Gasteiger charge is 2.22. The summed E-state index contributed by atoms with van der Waals surface area (Å²) in [5.74, 6) is 0.106. The molecule has 0 aliphatic rings. The molecule has 3 nitrogen and oxygen atoms in total. The number of nitrogens with two attached hydrogens (primary N) is 1. The van der Waals surface area contributed by atoms with Gasteiger partial charge in [0, 0.05) is 20.1 Å². The molecule has 0 aliphatic carbocycles. The third kappa shape index (κ3) is 2.94. The van der Waals surface area contributed by atoms with Gasteiger partial charge in [0.2, 0.25) is 0 Å². The largest absolute Gasteiger partial charge is 0.377 e. The Balaban J connectivity index is 3.92. The van der Waals surface area contributed by atoms with Crippen molar-refractivity contribution in [1.82, 2.24) is 0 Å². The zero-order valence-electron chi connectivity index (χ0n) is 6.81. The fourth-order valence-corrected chi connectivity index (χ4v) is 0.754. The molecule has 0 spiro atoms. The second-order valence-electron chi connectivity index (χ2n) is 2.74. The minimum Gasteiger partial charge on any atom is -0.377 e. The molecule has 0 heterocycles. The van der Waals surface area contributed by atoms with E-state index in [1.54, 1.807) is 7.11 Å². The monoisotopic (exact) mass is 145 g/mol. The summed E-state index contributed by atoms with van der Waals surface area (Å²) in [4.78, 5) is 10.6. The Kier molecular flexibility index (Phi) is 3.53. The van der Waals surface area contributed by atoms with Crippen molar-refractivity contribution < 1.29 is 9.53 Å². The van der Waals surface area contributed by atoms with Gasteiger partial charge in [-0.3, -0.25) is 4.79 Å². The van der Waals surface area contributed by atoms with Gasteiger partial charge in [0.05, 0.1) is 5.60 Å². The fraction of sp³-hybridized carbons (Fsp3) is 0.857. The van der Waals surface area contributed by atoms with Crippen molar-refractivity contribution >= 4 is 5.78 Å². The lowest BCUT2D eigenvalue weighted by atomic mass is 10.0. The van der Waals surface area contributed by atoms with Crippen LogP contribution in [0, 0.1) is 0 Å². The lowest BCUT2D eigenvalue weighted by molar-refractivity contribution is -0.122. The van der Waals surface area contributed by atoms with Gasteiger partial charge in [0.15, 0.2) is 0 Å². The molecule has 1 atom stereocenters. The number of ether oxygens (including phenoxy) is 1. The van der Waals surface area contributed by atoms with Gasteiger partial charge in [-0.1, -0.05) is 0 Å². The first-order chi connectivity index (χ1) is 4.54. The minimum atomic E-state index is -0.466. The number of rotatable bonds is 4. The maximum atomic E-state index is 10.6. The normalized spacial score (nSPS) is 16.4. The van der Waals surface area contributed by atoms with E-state index in [9.17, 15) is 4.79 Å². The number of Topliss-reactive ketones (excluding diaryl/α,β-unsaturated/α-hetero) is 1. The molecule has 2 N–H and O–H groups in total. The van der Waals surface area contributed by atoms with Gasteiger partial charge < -0.3 is 10.5 Å². The van der Waals surface area contributed by atoms with E-state index >= 15 is 0 Å². The Bertz CT molecular complexity index is 119. The third-order valence-corrected chi connectivity index (χ3v) is 1.55. The van der Waals surface area contributed by atoms with Gasteiger partial charge >= 0.3 is 0 Å². The van der Waals surface area contributed by atoms with E-state index in [0.29, 0.717) is 13.0 Å². The molecular weight excluding hydrogens is 130 g/mol. The highest BCUT2D eigenvalue weighted by Crippen LogP contribution is 2.11. The van der Waals surface area contributed by atoms with Crippen LogP contribution < -0.4 is 5.73 Å². The average molecular weight is 145 g/mol. The highest BCUT2D eigenvalue weighted by atomic mass is 16.5. The molecule has 0 saturated heterocycles. The van der Waals surface area contributed by atoms with Gasteiger partial charge in [0.1, 0.15) is 5.78 Å². The van der Waals surface area contributed by atoms with Gasteiger partial charge in [-0.15, -0.1) is 0 Å². The Morgan fingerprint density at radius 1 is 1.70 bits per heavy atom. The maximum absolute atomic E-state index is 10.6. The number of ketones is 1. The molecule has 0 aromatic rings. The average Bonchev–Trinajstić information content (AvgIpc) is 1.87. The van der Waals surface area contributed by atoms with E-state index in [0.717, 1.165) is 0 Å². The summed E-state index contributed by atoms with van der Waals surface area (Å²) in [7, 11) is 1.57. The molecular formula is C7H15NO2. The lowest BCUT2D eigenvalue weighted by Gasteiger charge is -2.24. The molecule has 0 aromatic carbocycles. The molecule has 0 aliphatic heterocycles. The van der Waals surface area contributed by atoms with Gasteiger partial charge in [0.25, 0.3) is 0 Å². The summed E-state index contributed by atoms with van der Waals surface area (Å²) in [6.45, 7) is 3.74. The van der Waals surface area contributed by atoms with E-state index in [4.69, 9.17) is 10.5 Å². The van der Waals surface area contributed by atoms with Crippen LogP contribution in [0.1, 0.15) is 20.3 Å². The summed E-state index contributed by atoms with van der Waals surface area (Å²) in [5.41, 5.74) is 4.92. The van der Waals surface area contributed by atoms with Crippen LogP contribution in [-0.4, -0.2) is 25.0 Å². The van der Waals surface area contributed by atoms with Gasteiger partial charge in [-0.05, 0) is 13.8 Å². The summed E-state index contributed by atoms with van der Waals surface area (Å²) < 4.78 is 5.05. The van der Waals surface area contributed by atoms with E-state index in [1.165, 1.54) is 6.92 Å². The number of carbonyl (C=O) groups is 1. The molecule has 10 heavy (non-hydrogen) atoms. The van der Waals surface area contributed by atoms with Crippen LogP contribution in [0.2, 0.25) is 0 Å². The van der Waals surface area contributed by atoms with Crippen molar-refractivity contribution in [3.63, 3.8) is 0 Å². The quantitative estimate of drug-likeness (QED) is 0.620. The molecule has 1 unspecified atom stereocenters. The fourth-order valence-electron chi connectivity index (χ4n) is 0.754. The van der Waals surface area contributed by atoms with Crippen molar-refractivity contribution in [2.75, 3.05) is 13.7 Å². The summed E-state index contributed by atoms with van der Waals surface area (Å²) in [6.07, 6.45) is 0.389. The highest BCUT2D eigenvalue weighted by molar-refractivity contribution is 5.76. The van der Waals surface area contributed by atoms with Crippen molar-refractivity contribution in [1.29, 1.82) is 0 Å². The Morgan fingerprint density at radius 3 is 2.30 bits per heavy atom. The second-order valence-corrected chi connectivity index (χ2v) is 2.74. The van der Waals surface area contributed by atoms with Crippen LogP contribution in [0.5, 0.6) is 0 Å². The molecule has 0 amide bonds. The van der Waals surface area contributed by atoms with Crippen LogP contribution in [0.15, 0.2) is 0 Å². The zero-order chi connectivity index (χ0) is 8.20. The smallest absolute Gasteiger partial charge is 0.132 e. The summed E-state index contributed by atoms with van der Waals surface area (Å²) in [5, 5.41) is 0. The van der Waals surface area contributed by atoms with Crippen molar-refractivity contribution in [2.45, 2.75) is 25.9 Å². The van der Waals surface area contributed by atoms with E-state index < -0.39 is 5.60 Å². The maximum Gasteiger partial charge on any atom is 0.132 e. The number of carbonyl (C=O) groups excluding carboxylic acids is 1. The molecule has 3 heteroatoms. The minimum absolute atomic E-state index is 0.106. The molecule has 60 valence electrons. The first kappa shape index (κ1) is 9.59. The number of hydrogen-bond donors (Lipinski definition) is 1. The molecule has 0 radical (unpaired) electrons. The summed E-state index contributed by atoms with van der Waals surface area (Å²) in [6, 6.07) is 0. The topological polar surface area (TPSA) is 52.3 Å². The van der Waals surface area contributed by atoms with Gasteiger partial charge in [-0.2, -0.15) is 0 Å². The molecule has 0 rings (SSSR count). The first-order valence-electron chi connectivity index (χ1n) is 3.29. The van der Waals surface area contributed by atoms with Crippen molar-refractivity contribution in [3.05, 3.63) is 0 Å². The molecule has 0 saturated carbocycles. The standard InChI is InChI=1S/C7H15NO2/c1-6(9)4-7(2,5-8)10-3/h4-5,8H2,1-3H3. The molecule has 0 fully saturated rings. The Hall–Kier alpha value is -0.410. The van der Waals surface area contributed by atoms with Crippen LogP contribution >= 0.6 is 0 Å². The SMILES string of the molecule is COC(C)(CN)CC(C)=O. The first-order valence-corrected chi connectivity index (χ1v) is 3.29. The lowest BCUT2D eigenvalue weighted by Crippen LogP contribution is -2.38. The van der Waals surface area contributed by atoms with E-state index in [-0.39, 0.29) is 5.78 Å². The number of methoxy groups -OCH3 is 1. The van der Waals surface area contributed by atoms with Crippen LogP contribution in [0.4, 0.5) is 0 Å². The molecule has 0 aromatic heterocycles.